The molecule has 0 N–H and O–H groups in total. The summed E-state index contributed by atoms with van der Waals surface area (Å²) in [5.74, 6) is 0. The zero-order chi connectivity index (χ0) is 31.0. The molecule has 0 aliphatic heterocycles. The molecule has 4 nitrogen and oxygen atoms in total. The Bertz CT molecular complexity index is 2360. The van der Waals surface area contributed by atoms with Crippen molar-refractivity contribution >= 4 is 43.6 Å². The normalized spacial score (nSPS) is 12.3. The van der Waals surface area contributed by atoms with Gasteiger partial charge in [-0.1, -0.05) is 42.5 Å². The fourth-order valence-corrected chi connectivity index (χ4v) is 6.03. The molecule has 0 unspecified atom stereocenters. The van der Waals surface area contributed by atoms with Crippen molar-refractivity contribution in [2.45, 2.75) is 12.4 Å². The largest absolute Gasteiger partial charge is 0.418 e. The van der Waals surface area contributed by atoms with E-state index in [0.717, 1.165) is 6.07 Å². The van der Waals surface area contributed by atoms with Crippen LogP contribution in [0.4, 0.5) is 26.3 Å². The Morgan fingerprint density at radius 2 is 1.02 bits per heavy atom. The van der Waals surface area contributed by atoms with Crippen LogP contribution in [0, 0.1) is 22.7 Å². The Labute approximate surface area is 244 Å². The highest BCUT2D eigenvalue weighted by Crippen LogP contribution is 2.44. The first-order valence-electron chi connectivity index (χ1n) is 13.2. The van der Waals surface area contributed by atoms with Gasteiger partial charge in [-0.3, -0.25) is 0 Å². The van der Waals surface area contributed by atoms with Crippen molar-refractivity contribution in [1.29, 1.82) is 10.5 Å². The number of nitrogens with zero attached hydrogens (tertiary/aromatic N) is 4. The highest BCUT2D eigenvalue weighted by atomic mass is 19.4. The van der Waals surface area contributed by atoms with Gasteiger partial charge in [0.05, 0.1) is 55.7 Å². The van der Waals surface area contributed by atoms with E-state index in [1.165, 1.54) is 4.57 Å². The lowest BCUT2D eigenvalue weighted by molar-refractivity contribution is -0.142. The summed E-state index contributed by atoms with van der Waals surface area (Å²) in [4.78, 5) is 0. The fourth-order valence-electron chi connectivity index (χ4n) is 6.03. The zero-order valence-corrected chi connectivity index (χ0v) is 22.3. The maximum Gasteiger partial charge on any atom is 0.418 e. The average Bonchev–Trinajstić information content (AvgIpc) is 3.50. The number of hydrogen-bond acceptors (Lipinski definition) is 2. The Kier molecular flexibility index (Phi) is 5.78. The molecule has 7 rings (SSSR count). The van der Waals surface area contributed by atoms with Gasteiger partial charge in [-0.2, -0.15) is 36.9 Å². The van der Waals surface area contributed by atoms with E-state index >= 15 is 0 Å². The molecule has 10 heteroatoms. The Hall–Kier alpha value is -5.74. The van der Waals surface area contributed by atoms with Crippen molar-refractivity contribution in [1.82, 2.24) is 9.13 Å². The number of benzene rings is 5. The van der Waals surface area contributed by atoms with Crippen LogP contribution in [-0.4, -0.2) is 9.13 Å². The third-order valence-electron chi connectivity index (χ3n) is 7.84. The van der Waals surface area contributed by atoms with Crippen LogP contribution >= 0.6 is 0 Å². The molecule has 0 saturated carbocycles. The lowest BCUT2D eigenvalue weighted by Gasteiger charge is -2.18. The van der Waals surface area contributed by atoms with E-state index in [-0.39, 0.29) is 17.2 Å². The van der Waals surface area contributed by atoms with Gasteiger partial charge < -0.3 is 9.13 Å². The van der Waals surface area contributed by atoms with E-state index in [1.54, 1.807) is 71.3 Å². The highest BCUT2D eigenvalue weighted by molar-refractivity contribution is 6.19. The molecule has 0 saturated heterocycles. The first kappa shape index (κ1) is 27.1. The summed E-state index contributed by atoms with van der Waals surface area (Å²) >= 11 is 0. The molecule has 0 fully saturated rings. The minimum absolute atomic E-state index is 0.141. The molecule has 5 aromatic carbocycles. The molecule has 0 amide bonds. The van der Waals surface area contributed by atoms with Crippen molar-refractivity contribution in [3.8, 4) is 23.5 Å². The van der Waals surface area contributed by atoms with Gasteiger partial charge in [0.2, 0.25) is 0 Å². The molecular formula is C34H16F6N4. The summed E-state index contributed by atoms with van der Waals surface area (Å²) in [5, 5.41) is 22.3. The van der Waals surface area contributed by atoms with Gasteiger partial charge in [0.15, 0.2) is 0 Å². The molecule has 2 heterocycles. The van der Waals surface area contributed by atoms with Crippen LogP contribution in [0.2, 0.25) is 0 Å². The minimum Gasteiger partial charge on any atom is -0.309 e. The third-order valence-corrected chi connectivity index (χ3v) is 7.84. The second-order valence-corrected chi connectivity index (χ2v) is 10.2. The van der Waals surface area contributed by atoms with E-state index in [4.69, 9.17) is 0 Å². The van der Waals surface area contributed by atoms with Gasteiger partial charge in [0.25, 0.3) is 0 Å². The summed E-state index contributed by atoms with van der Waals surface area (Å²) in [6, 6.07) is 28.2. The van der Waals surface area contributed by atoms with Gasteiger partial charge >= 0.3 is 12.4 Å². The van der Waals surface area contributed by atoms with E-state index in [1.807, 2.05) is 12.1 Å². The van der Waals surface area contributed by atoms with Crippen LogP contribution in [0.5, 0.6) is 0 Å². The standard InChI is InChI=1S/C34H16F6N4/c35-33(36,37)21-12-13-29(26(14-21)34(38,39)40)43-27-10-3-1-8-22(27)24-16-31-25(15-30(24)43)23-9-2-4-11-28(23)44(31)32-19(17-41)6-5-7-20(32)18-42/h1-16H. The summed E-state index contributed by atoms with van der Waals surface area (Å²) in [7, 11) is 0. The average molecular weight is 595 g/mol. The predicted octanol–water partition coefficient (Wildman–Crippen LogP) is 9.66. The molecule has 2 aromatic heterocycles. The maximum absolute atomic E-state index is 14.4. The first-order chi connectivity index (χ1) is 21.0. The number of halogens is 6. The fraction of sp³-hybridized carbons (Fsp3) is 0.0588. The van der Waals surface area contributed by atoms with Gasteiger partial charge in [-0.25, -0.2) is 0 Å². The maximum atomic E-state index is 14.4. The zero-order valence-electron chi connectivity index (χ0n) is 22.3. The number of nitriles is 2. The lowest BCUT2D eigenvalue weighted by Crippen LogP contribution is -2.14. The molecule has 0 aliphatic carbocycles. The Morgan fingerprint density at radius 1 is 0.500 bits per heavy atom. The van der Waals surface area contributed by atoms with Gasteiger partial charge in [0, 0.05) is 21.5 Å². The van der Waals surface area contributed by atoms with E-state index in [2.05, 4.69) is 12.1 Å². The van der Waals surface area contributed by atoms with Crippen molar-refractivity contribution < 1.29 is 26.3 Å². The van der Waals surface area contributed by atoms with Gasteiger partial charge in [-0.05, 0) is 54.6 Å². The number of hydrogen-bond donors (Lipinski definition) is 0. The van der Waals surface area contributed by atoms with Gasteiger partial charge in [0.1, 0.15) is 12.1 Å². The summed E-state index contributed by atoms with van der Waals surface area (Å²) in [6.45, 7) is 0. The second-order valence-electron chi connectivity index (χ2n) is 10.2. The van der Waals surface area contributed by atoms with Crippen LogP contribution in [0.1, 0.15) is 22.3 Å². The van der Waals surface area contributed by atoms with Crippen molar-refractivity contribution in [2.75, 3.05) is 0 Å². The topological polar surface area (TPSA) is 57.4 Å². The molecule has 0 radical (unpaired) electrons. The number of alkyl halides is 6. The molecule has 214 valence electrons. The van der Waals surface area contributed by atoms with Crippen molar-refractivity contribution in [3.05, 3.63) is 119 Å². The first-order valence-corrected chi connectivity index (χ1v) is 13.2. The molecule has 44 heavy (non-hydrogen) atoms. The SMILES string of the molecule is N#Cc1cccc(C#N)c1-n1c2ccccc2c2cc3c(cc21)c1ccccc1n3-c1ccc(C(F)(F)F)cc1C(F)(F)F. The second kappa shape index (κ2) is 9.38. The molecule has 0 atom stereocenters. The third kappa shape index (κ3) is 3.92. The number of rotatable bonds is 2. The van der Waals surface area contributed by atoms with E-state index in [0.29, 0.717) is 55.4 Å². The van der Waals surface area contributed by atoms with Crippen LogP contribution in [0.15, 0.2) is 97.1 Å². The molecular weight excluding hydrogens is 578 g/mol. The summed E-state index contributed by atoms with van der Waals surface area (Å²) < 4.78 is 86.7. The molecule has 7 aromatic rings. The number of aromatic nitrogens is 2. The molecule has 0 aliphatic rings. The van der Waals surface area contributed by atoms with Crippen LogP contribution < -0.4 is 0 Å². The van der Waals surface area contributed by atoms with Crippen molar-refractivity contribution in [3.63, 3.8) is 0 Å². The lowest BCUT2D eigenvalue weighted by atomic mass is 10.1. The van der Waals surface area contributed by atoms with E-state index in [9.17, 15) is 36.9 Å². The molecule has 0 bridgehead atoms. The smallest absolute Gasteiger partial charge is 0.309 e. The quantitative estimate of drug-likeness (QED) is 0.187. The van der Waals surface area contributed by atoms with E-state index < -0.39 is 29.2 Å². The number of para-hydroxylation sites is 3. The van der Waals surface area contributed by atoms with Gasteiger partial charge in [-0.15, -0.1) is 0 Å². The summed E-state index contributed by atoms with van der Waals surface area (Å²) in [5.41, 5.74) is -0.395. The minimum atomic E-state index is -5.08. The van der Waals surface area contributed by atoms with Crippen LogP contribution in [0.3, 0.4) is 0 Å². The summed E-state index contributed by atoms with van der Waals surface area (Å²) in [6.07, 6.45) is -10.0. The van der Waals surface area contributed by atoms with Crippen LogP contribution in [-0.2, 0) is 12.4 Å². The van der Waals surface area contributed by atoms with Crippen molar-refractivity contribution in [2.24, 2.45) is 0 Å². The monoisotopic (exact) mass is 594 g/mol. The predicted molar refractivity (Wildman–Crippen MR) is 155 cm³/mol. The molecule has 0 spiro atoms. The number of fused-ring (bicyclic) bond motifs is 6. The highest BCUT2D eigenvalue weighted by Gasteiger charge is 2.39. The Morgan fingerprint density at radius 3 is 1.55 bits per heavy atom. The Balaban J connectivity index is 1.66. The van der Waals surface area contributed by atoms with Crippen LogP contribution in [0.25, 0.3) is 55.0 Å².